The molecule has 0 spiro atoms. The Kier molecular flexibility index (Phi) is 4.78. The van der Waals surface area contributed by atoms with E-state index in [9.17, 15) is 4.79 Å². The van der Waals surface area contributed by atoms with Crippen molar-refractivity contribution in [2.45, 2.75) is 6.92 Å². The molecule has 1 aromatic rings. The average Bonchev–Trinajstić information content (AvgIpc) is 2.31. The fraction of sp³-hybridized carbons (Fsp3) is 0.273. The van der Waals surface area contributed by atoms with E-state index in [-0.39, 0.29) is 0 Å². The second kappa shape index (κ2) is 6.10. The van der Waals surface area contributed by atoms with Gasteiger partial charge in [0.2, 0.25) is 0 Å². The number of para-hydroxylation sites is 1. The standard InChI is InChI=1S/C11H15ClN4O/c1-7-5-4-6-8(12)9(7)15-11(17)16-10(13-2)14-3/h4-6H,1-3H3,(H3,13,14,15,16,17). The first-order chi connectivity index (χ1) is 8.08. The summed E-state index contributed by atoms with van der Waals surface area (Å²) in [5.74, 6) is 0.382. The molecule has 1 rings (SSSR count). The monoisotopic (exact) mass is 254 g/mol. The van der Waals surface area contributed by atoms with Gasteiger partial charge in [-0.05, 0) is 18.6 Å². The Balaban J connectivity index is 2.75. The zero-order chi connectivity index (χ0) is 12.8. The molecule has 0 aliphatic carbocycles. The Morgan fingerprint density at radius 1 is 1.41 bits per heavy atom. The molecule has 0 aromatic heterocycles. The molecule has 0 aliphatic rings. The summed E-state index contributed by atoms with van der Waals surface area (Å²) in [6.45, 7) is 1.87. The zero-order valence-corrected chi connectivity index (χ0v) is 10.7. The van der Waals surface area contributed by atoms with E-state index in [1.54, 1.807) is 20.2 Å². The van der Waals surface area contributed by atoms with Crippen molar-refractivity contribution in [2.75, 3.05) is 19.4 Å². The smallest absolute Gasteiger partial charge is 0.326 e. The Bertz CT molecular complexity index is 425. The molecule has 2 amide bonds. The zero-order valence-electron chi connectivity index (χ0n) is 9.97. The van der Waals surface area contributed by atoms with E-state index >= 15 is 0 Å². The van der Waals surface area contributed by atoms with Crippen molar-refractivity contribution in [1.29, 1.82) is 0 Å². The molecule has 1 aromatic carbocycles. The van der Waals surface area contributed by atoms with E-state index in [4.69, 9.17) is 11.6 Å². The van der Waals surface area contributed by atoms with Crippen molar-refractivity contribution in [2.24, 2.45) is 4.99 Å². The number of guanidine groups is 1. The maximum absolute atomic E-state index is 11.6. The van der Waals surface area contributed by atoms with E-state index in [0.717, 1.165) is 5.56 Å². The highest BCUT2D eigenvalue weighted by atomic mass is 35.5. The number of anilines is 1. The number of carbonyl (C=O) groups is 1. The third kappa shape index (κ3) is 3.64. The quantitative estimate of drug-likeness (QED) is 0.530. The number of benzene rings is 1. The maximum atomic E-state index is 11.6. The van der Waals surface area contributed by atoms with Gasteiger partial charge in [-0.1, -0.05) is 23.7 Å². The summed E-state index contributed by atoms with van der Waals surface area (Å²) >= 11 is 5.99. The molecular weight excluding hydrogens is 240 g/mol. The van der Waals surface area contributed by atoms with Crippen LogP contribution in [-0.2, 0) is 0 Å². The molecular formula is C11H15ClN4O. The first-order valence-electron chi connectivity index (χ1n) is 5.06. The predicted octanol–water partition coefficient (Wildman–Crippen LogP) is 1.98. The summed E-state index contributed by atoms with van der Waals surface area (Å²) in [5, 5.41) is 8.47. The lowest BCUT2D eigenvalue weighted by atomic mass is 10.2. The Morgan fingerprint density at radius 3 is 2.65 bits per heavy atom. The summed E-state index contributed by atoms with van der Waals surface area (Å²) in [7, 11) is 3.25. The summed E-state index contributed by atoms with van der Waals surface area (Å²) in [5.41, 5.74) is 1.49. The summed E-state index contributed by atoms with van der Waals surface area (Å²) in [4.78, 5) is 15.5. The molecule has 0 heterocycles. The first kappa shape index (κ1) is 13.3. The molecule has 3 N–H and O–H groups in total. The topological polar surface area (TPSA) is 65.5 Å². The number of halogens is 1. The van der Waals surface area contributed by atoms with Crippen LogP contribution in [-0.4, -0.2) is 26.1 Å². The van der Waals surface area contributed by atoms with Crippen molar-refractivity contribution in [3.8, 4) is 0 Å². The van der Waals surface area contributed by atoms with Gasteiger partial charge < -0.3 is 10.6 Å². The number of nitrogens with one attached hydrogen (secondary N) is 3. The van der Waals surface area contributed by atoms with Gasteiger partial charge in [0.1, 0.15) is 0 Å². The van der Waals surface area contributed by atoms with Crippen LogP contribution in [0.1, 0.15) is 5.56 Å². The minimum atomic E-state index is -0.392. The summed E-state index contributed by atoms with van der Waals surface area (Å²) in [6.07, 6.45) is 0. The van der Waals surface area contributed by atoms with Crippen LogP contribution >= 0.6 is 11.6 Å². The van der Waals surface area contributed by atoms with Crippen molar-refractivity contribution >= 4 is 29.3 Å². The highest BCUT2D eigenvalue weighted by molar-refractivity contribution is 6.34. The highest BCUT2D eigenvalue weighted by Crippen LogP contribution is 2.24. The van der Waals surface area contributed by atoms with Gasteiger partial charge in [0.25, 0.3) is 0 Å². The molecule has 0 atom stereocenters. The van der Waals surface area contributed by atoms with E-state index in [1.807, 2.05) is 19.1 Å². The summed E-state index contributed by atoms with van der Waals surface area (Å²) < 4.78 is 0. The second-order valence-electron chi connectivity index (χ2n) is 3.33. The fourth-order valence-corrected chi connectivity index (χ4v) is 1.54. The number of carbonyl (C=O) groups excluding carboxylic acids is 1. The molecule has 0 saturated carbocycles. The fourth-order valence-electron chi connectivity index (χ4n) is 1.27. The molecule has 0 unspecified atom stereocenters. The highest BCUT2D eigenvalue weighted by Gasteiger charge is 2.08. The first-order valence-corrected chi connectivity index (χ1v) is 5.44. The minimum absolute atomic E-state index is 0.382. The van der Waals surface area contributed by atoms with E-state index in [2.05, 4.69) is 20.9 Å². The third-order valence-corrected chi connectivity index (χ3v) is 2.47. The van der Waals surface area contributed by atoms with Crippen molar-refractivity contribution < 1.29 is 4.79 Å². The predicted molar refractivity (Wildman–Crippen MR) is 70.8 cm³/mol. The van der Waals surface area contributed by atoms with Crippen LogP contribution < -0.4 is 16.0 Å². The number of aliphatic imine (C=N–C) groups is 1. The lowest BCUT2D eigenvalue weighted by Gasteiger charge is -2.12. The lowest BCUT2D eigenvalue weighted by molar-refractivity contribution is 0.256. The van der Waals surface area contributed by atoms with Crippen molar-refractivity contribution in [1.82, 2.24) is 10.6 Å². The molecule has 6 heteroatoms. The number of rotatable bonds is 1. The number of amides is 2. The van der Waals surface area contributed by atoms with E-state index in [1.165, 1.54) is 0 Å². The maximum Gasteiger partial charge on any atom is 0.326 e. The van der Waals surface area contributed by atoms with Crippen LogP contribution in [0.4, 0.5) is 10.5 Å². The molecule has 92 valence electrons. The van der Waals surface area contributed by atoms with Crippen molar-refractivity contribution in [3.05, 3.63) is 28.8 Å². The number of hydrogen-bond donors (Lipinski definition) is 3. The molecule has 0 bridgehead atoms. The van der Waals surface area contributed by atoms with E-state index < -0.39 is 6.03 Å². The van der Waals surface area contributed by atoms with Crippen LogP contribution in [0.25, 0.3) is 0 Å². The number of nitrogens with zero attached hydrogens (tertiary/aromatic N) is 1. The molecule has 0 radical (unpaired) electrons. The Morgan fingerprint density at radius 2 is 2.12 bits per heavy atom. The van der Waals surface area contributed by atoms with Gasteiger partial charge in [-0.3, -0.25) is 10.3 Å². The Labute approximate surface area is 105 Å². The van der Waals surface area contributed by atoms with Gasteiger partial charge in [0.05, 0.1) is 10.7 Å². The van der Waals surface area contributed by atoms with Crippen LogP contribution in [0.2, 0.25) is 5.02 Å². The normalized spacial score (nSPS) is 10.9. The molecule has 0 saturated heterocycles. The van der Waals surface area contributed by atoms with Gasteiger partial charge in [-0.2, -0.15) is 0 Å². The lowest BCUT2D eigenvalue weighted by Crippen LogP contribution is -2.41. The number of hydrogen-bond acceptors (Lipinski definition) is 2. The van der Waals surface area contributed by atoms with Crippen LogP contribution in [0.5, 0.6) is 0 Å². The third-order valence-electron chi connectivity index (χ3n) is 2.15. The van der Waals surface area contributed by atoms with Crippen LogP contribution in [0.3, 0.4) is 0 Å². The number of urea groups is 1. The van der Waals surface area contributed by atoms with Crippen molar-refractivity contribution in [3.63, 3.8) is 0 Å². The second-order valence-corrected chi connectivity index (χ2v) is 3.74. The van der Waals surface area contributed by atoms with Gasteiger partial charge in [-0.15, -0.1) is 0 Å². The largest absolute Gasteiger partial charge is 0.359 e. The van der Waals surface area contributed by atoms with Gasteiger partial charge in [0, 0.05) is 14.1 Å². The molecule has 17 heavy (non-hydrogen) atoms. The van der Waals surface area contributed by atoms with Gasteiger partial charge in [-0.25, -0.2) is 4.79 Å². The SMILES string of the molecule is CN=C(NC)NC(=O)Nc1c(C)cccc1Cl. The van der Waals surface area contributed by atoms with Crippen LogP contribution in [0.15, 0.2) is 23.2 Å². The number of aryl methyl sites for hydroxylation is 1. The van der Waals surface area contributed by atoms with Crippen LogP contribution in [0, 0.1) is 6.92 Å². The Hall–Kier alpha value is -1.75. The average molecular weight is 255 g/mol. The molecule has 5 nitrogen and oxygen atoms in total. The minimum Gasteiger partial charge on any atom is -0.359 e. The van der Waals surface area contributed by atoms with Gasteiger partial charge in [0.15, 0.2) is 5.96 Å². The molecule has 0 fully saturated rings. The summed E-state index contributed by atoms with van der Waals surface area (Å²) in [6, 6.07) is 5.02. The molecule has 0 aliphatic heterocycles. The van der Waals surface area contributed by atoms with E-state index in [0.29, 0.717) is 16.7 Å². The van der Waals surface area contributed by atoms with Gasteiger partial charge >= 0.3 is 6.03 Å².